The molecule has 1 unspecified atom stereocenters. The van der Waals surface area contributed by atoms with Gasteiger partial charge in [-0.15, -0.1) is 0 Å². The average molecular weight is 251 g/mol. The van der Waals surface area contributed by atoms with E-state index in [1.54, 1.807) is 0 Å². The Kier molecular flexibility index (Phi) is 3.51. The highest BCUT2D eigenvalue weighted by Gasteiger charge is 2.33. The maximum absolute atomic E-state index is 8.88. The first-order chi connectivity index (χ1) is 9.36. The maximum Gasteiger partial charge on any atom is 0.0992 e. The van der Waals surface area contributed by atoms with Crippen LogP contribution in [0.4, 0.5) is 0 Å². The van der Waals surface area contributed by atoms with Crippen molar-refractivity contribution in [1.29, 1.82) is 5.26 Å². The van der Waals surface area contributed by atoms with Gasteiger partial charge in [-0.05, 0) is 31.0 Å². The van der Waals surface area contributed by atoms with Gasteiger partial charge in [0.1, 0.15) is 0 Å². The highest BCUT2D eigenvalue weighted by Crippen LogP contribution is 2.24. The van der Waals surface area contributed by atoms with Crippen LogP contribution in [-0.4, -0.2) is 36.6 Å². The van der Waals surface area contributed by atoms with Crippen molar-refractivity contribution in [2.45, 2.75) is 24.9 Å². The zero-order valence-electron chi connectivity index (χ0n) is 10.9. The molecule has 3 heteroatoms. The third kappa shape index (κ3) is 2.63. The highest BCUT2D eigenvalue weighted by atomic mass is 15.3. The van der Waals surface area contributed by atoms with Crippen LogP contribution >= 0.6 is 0 Å². The molecule has 2 atom stereocenters. The molecule has 3 rings (SSSR count). The number of hydrogen-bond acceptors (Lipinski definition) is 3. The molecular formula is C16H17N3. The van der Waals surface area contributed by atoms with Crippen LogP contribution in [0.25, 0.3) is 0 Å². The van der Waals surface area contributed by atoms with Gasteiger partial charge in [0.25, 0.3) is 0 Å². The fraction of sp³-hybridized carbons (Fsp3) is 0.438. The summed E-state index contributed by atoms with van der Waals surface area (Å²) < 4.78 is 0. The van der Waals surface area contributed by atoms with Gasteiger partial charge in [0.15, 0.2) is 0 Å². The van der Waals surface area contributed by atoms with E-state index in [2.05, 4.69) is 28.1 Å². The summed E-state index contributed by atoms with van der Waals surface area (Å²) in [5, 5.41) is 12.3. The minimum absolute atomic E-state index is 0.387. The SMILES string of the molecule is N#Cc1cccc(C#CC2CC[C@H]3CNCCN23)c1. The van der Waals surface area contributed by atoms with E-state index in [1.807, 2.05) is 24.3 Å². The van der Waals surface area contributed by atoms with Crippen molar-refractivity contribution in [1.82, 2.24) is 10.2 Å². The van der Waals surface area contributed by atoms with Gasteiger partial charge in [-0.1, -0.05) is 17.9 Å². The first kappa shape index (κ1) is 12.2. The van der Waals surface area contributed by atoms with Crippen LogP contribution in [-0.2, 0) is 0 Å². The molecule has 2 heterocycles. The quantitative estimate of drug-likeness (QED) is 0.707. The third-order valence-corrected chi connectivity index (χ3v) is 3.94. The predicted molar refractivity (Wildman–Crippen MR) is 74.4 cm³/mol. The normalized spacial score (nSPS) is 26.1. The standard InChI is InChI=1S/C16H17N3/c17-11-14-3-1-2-13(10-14)4-5-15-6-7-16-12-18-8-9-19(15)16/h1-3,10,15-16,18H,6-9,12H2/t15?,16-/m0/s1. The molecule has 0 bridgehead atoms. The van der Waals surface area contributed by atoms with Crippen molar-refractivity contribution in [3.05, 3.63) is 35.4 Å². The van der Waals surface area contributed by atoms with Crippen molar-refractivity contribution in [2.24, 2.45) is 0 Å². The molecule has 3 nitrogen and oxygen atoms in total. The number of nitrogens with zero attached hydrogens (tertiary/aromatic N) is 2. The van der Waals surface area contributed by atoms with Gasteiger partial charge in [0, 0.05) is 31.2 Å². The predicted octanol–water partition coefficient (Wildman–Crippen LogP) is 1.35. The molecular weight excluding hydrogens is 234 g/mol. The molecule has 19 heavy (non-hydrogen) atoms. The lowest BCUT2D eigenvalue weighted by molar-refractivity contribution is 0.187. The maximum atomic E-state index is 8.88. The minimum Gasteiger partial charge on any atom is -0.314 e. The molecule has 1 aromatic rings. The molecule has 96 valence electrons. The third-order valence-electron chi connectivity index (χ3n) is 3.94. The van der Waals surface area contributed by atoms with Gasteiger partial charge < -0.3 is 5.32 Å². The van der Waals surface area contributed by atoms with Crippen LogP contribution in [0.3, 0.4) is 0 Å². The lowest BCUT2D eigenvalue weighted by atomic mass is 10.1. The Hall–Kier alpha value is -1.81. The van der Waals surface area contributed by atoms with Gasteiger partial charge in [-0.25, -0.2) is 0 Å². The summed E-state index contributed by atoms with van der Waals surface area (Å²) >= 11 is 0. The Morgan fingerprint density at radius 2 is 2.16 bits per heavy atom. The first-order valence-corrected chi connectivity index (χ1v) is 6.85. The summed E-state index contributed by atoms with van der Waals surface area (Å²) in [6, 6.07) is 10.7. The number of benzene rings is 1. The van der Waals surface area contributed by atoms with Gasteiger partial charge in [-0.3, -0.25) is 4.90 Å². The van der Waals surface area contributed by atoms with E-state index in [9.17, 15) is 0 Å². The molecule has 0 amide bonds. The summed E-state index contributed by atoms with van der Waals surface area (Å²) in [6.07, 6.45) is 2.40. The van der Waals surface area contributed by atoms with E-state index in [0.29, 0.717) is 17.6 Å². The molecule has 2 fully saturated rings. The van der Waals surface area contributed by atoms with E-state index in [0.717, 1.165) is 31.6 Å². The first-order valence-electron chi connectivity index (χ1n) is 6.85. The molecule has 0 spiro atoms. The summed E-state index contributed by atoms with van der Waals surface area (Å²) in [5.74, 6) is 6.62. The van der Waals surface area contributed by atoms with E-state index in [1.165, 1.54) is 6.42 Å². The molecule has 2 aliphatic heterocycles. The van der Waals surface area contributed by atoms with Crippen LogP contribution in [0, 0.1) is 23.2 Å². The summed E-state index contributed by atoms with van der Waals surface area (Å²) in [6.45, 7) is 3.27. The Balaban J connectivity index is 1.75. The van der Waals surface area contributed by atoms with Crippen LogP contribution in [0.1, 0.15) is 24.0 Å². The lowest BCUT2D eigenvalue weighted by Gasteiger charge is -2.32. The zero-order chi connectivity index (χ0) is 13.1. The number of nitrogens with one attached hydrogen (secondary N) is 1. The molecule has 0 saturated carbocycles. The Labute approximate surface area is 114 Å². The number of nitriles is 1. The average Bonchev–Trinajstić information content (AvgIpc) is 2.89. The highest BCUT2D eigenvalue weighted by molar-refractivity contribution is 5.42. The van der Waals surface area contributed by atoms with E-state index < -0.39 is 0 Å². The molecule has 2 aliphatic rings. The largest absolute Gasteiger partial charge is 0.314 e. The number of rotatable bonds is 0. The summed E-state index contributed by atoms with van der Waals surface area (Å²) in [5.41, 5.74) is 1.62. The summed E-state index contributed by atoms with van der Waals surface area (Å²) in [7, 11) is 0. The van der Waals surface area contributed by atoms with Crippen LogP contribution < -0.4 is 5.32 Å². The lowest BCUT2D eigenvalue weighted by Crippen LogP contribution is -2.50. The van der Waals surface area contributed by atoms with Crippen LogP contribution in [0.15, 0.2) is 24.3 Å². The number of fused-ring (bicyclic) bond motifs is 1. The molecule has 1 N–H and O–H groups in total. The van der Waals surface area contributed by atoms with Crippen molar-refractivity contribution < 1.29 is 0 Å². The second-order valence-corrected chi connectivity index (χ2v) is 5.15. The fourth-order valence-electron chi connectivity index (χ4n) is 2.96. The Bertz CT molecular complexity index is 561. The molecule has 0 aliphatic carbocycles. The smallest absolute Gasteiger partial charge is 0.0992 e. The van der Waals surface area contributed by atoms with Crippen molar-refractivity contribution in [2.75, 3.05) is 19.6 Å². The molecule has 2 saturated heterocycles. The zero-order valence-corrected chi connectivity index (χ0v) is 10.9. The fourth-order valence-corrected chi connectivity index (χ4v) is 2.96. The molecule has 0 radical (unpaired) electrons. The Morgan fingerprint density at radius 3 is 3.05 bits per heavy atom. The monoisotopic (exact) mass is 251 g/mol. The van der Waals surface area contributed by atoms with E-state index >= 15 is 0 Å². The van der Waals surface area contributed by atoms with Crippen LogP contribution in [0.2, 0.25) is 0 Å². The topological polar surface area (TPSA) is 39.1 Å². The minimum atomic E-state index is 0.387. The second-order valence-electron chi connectivity index (χ2n) is 5.15. The van der Waals surface area contributed by atoms with Crippen molar-refractivity contribution >= 4 is 0 Å². The molecule has 0 aromatic heterocycles. The van der Waals surface area contributed by atoms with Gasteiger partial charge in [0.2, 0.25) is 0 Å². The van der Waals surface area contributed by atoms with E-state index in [-0.39, 0.29) is 0 Å². The van der Waals surface area contributed by atoms with E-state index in [4.69, 9.17) is 5.26 Å². The number of piperazine rings is 1. The Morgan fingerprint density at radius 1 is 1.26 bits per heavy atom. The van der Waals surface area contributed by atoms with Crippen molar-refractivity contribution in [3.63, 3.8) is 0 Å². The van der Waals surface area contributed by atoms with Gasteiger partial charge in [0.05, 0.1) is 17.7 Å². The van der Waals surface area contributed by atoms with Crippen molar-refractivity contribution in [3.8, 4) is 17.9 Å². The number of hydrogen-bond donors (Lipinski definition) is 1. The van der Waals surface area contributed by atoms with Gasteiger partial charge in [-0.2, -0.15) is 5.26 Å². The second kappa shape index (κ2) is 5.45. The van der Waals surface area contributed by atoms with Crippen LogP contribution in [0.5, 0.6) is 0 Å². The summed E-state index contributed by atoms with van der Waals surface area (Å²) in [4.78, 5) is 2.53. The van der Waals surface area contributed by atoms with Gasteiger partial charge >= 0.3 is 0 Å². The molecule has 1 aromatic carbocycles.